The molecule has 0 radical (unpaired) electrons. The van der Waals surface area contributed by atoms with Crippen LogP contribution in [0, 0.1) is 0 Å². The molecule has 1 fully saturated rings. The molecule has 1 heterocycles. The summed E-state index contributed by atoms with van der Waals surface area (Å²) in [6.07, 6.45) is 8.18. The first-order valence-corrected chi connectivity index (χ1v) is 10.7. The minimum atomic E-state index is -0.187. The van der Waals surface area contributed by atoms with Crippen LogP contribution in [0.3, 0.4) is 0 Å². The van der Waals surface area contributed by atoms with E-state index in [0.717, 1.165) is 16.6 Å². The molecule has 150 valence electrons. The van der Waals surface area contributed by atoms with E-state index in [1.807, 2.05) is 6.07 Å². The Morgan fingerprint density at radius 2 is 1.86 bits per heavy atom. The van der Waals surface area contributed by atoms with Gasteiger partial charge < -0.3 is 9.88 Å². The van der Waals surface area contributed by atoms with Crippen LogP contribution < -0.4 is 10.9 Å². The highest BCUT2D eigenvalue weighted by Crippen LogP contribution is 2.23. The first-order chi connectivity index (χ1) is 13.5. The molecule has 28 heavy (non-hydrogen) atoms. The zero-order valence-electron chi connectivity index (χ0n) is 16.4. The van der Waals surface area contributed by atoms with E-state index < -0.39 is 0 Å². The number of halogens is 1. The van der Waals surface area contributed by atoms with E-state index in [2.05, 4.69) is 51.4 Å². The fraction of sp³-hybridized carbons (Fsp3) is 0.455. The van der Waals surface area contributed by atoms with Crippen molar-refractivity contribution in [2.24, 2.45) is 0 Å². The van der Waals surface area contributed by atoms with Gasteiger partial charge in [0, 0.05) is 35.9 Å². The first-order valence-electron chi connectivity index (χ1n) is 9.92. The lowest BCUT2D eigenvalue weighted by Crippen LogP contribution is -2.34. The van der Waals surface area contributed by atoms with E-state index in [1.165, 1.54) is 48.3 Å². The SMILES string of the molecule is CN(Cc1ccccc1CNC(=O)Cn1cc(Br)ccc1=O)C1CCCCC1. The molecular weight excluding hydrogens is 418 g/mol. The van der Waals surface area contributed by atoms with Crippen molar-refractivity contribution in [3.63, 3.8) is 0 Å². The second-order valence-electron chi connectivity index (χ2n) is 7.57. The second-order valence-corrected chi connectivity index (χ2v) is 8.48. The van der Waals surface area contributed by atoms with E-state index >= 15 is 0 Å². The molecule has 5 nitrogen and oxygen atoms in total. The molecule has 0 aliphatic heterocycles. The monoisotopic (exact) mass is 445 g/mol. The molecule has 2 aromatic rings. The van der Waals surface area contributed by atoms with Gasteiger partial charge in [-0.05, 0) is 53.0 Å². The third-order valence-corrected chi connectivity index (χ3v) is 5.94. The standard InChI is InChI=1S/C22H28BrN3O2/c1-25(20-9-3-2-4-10-20)14-18-8-6-5-7-17(18)13-24-21(27)16-26-15-19(23)11-12-22(26)28/h5-8,11-12,15,20H,2-4,9-10,13-14,16H2,1H3,(H,24,27). The van der Waals surface area contributed by atoms with E-state index in [9.17, 15) is 9.59 Å². The summed E-state index contributed by atoms with van der Waals surface area (Å²) < 4.78 is 2.18. The van der Waals surface area contributed by atoms with Crippen LogP contribution in [-0.4, -0.2) is 28.5 Å². The largest absolute Gasteiger partial charge is 0.350 e. The van der Waals surface area contributed by atoms with Gasteiger partial charge in [-0.3, -0.25) is 14.5 Å². The predicted molar refractivity (Wildman–Crippen MR) is 115 cm³/mol. The summed E-state index contributed by atoms with van der Waals surface area (Å²) in [4.78, 5) is 26.6. The first kappa shape index (κ1) is 20.8. The smallest absolute Gasteiger partial charge is 0.251 e. The number of carbonyl (C=O) groups excluding carboxylic acids is 1. The van der Waals surface area contributed by atoms with Crippen molar-refractivity contribution in [3.05, 3.63) is 68.5 Å². The normalized spacial score (nSPS) is 15.0. The van der Waals surface area contributed by atoms with Crippen LogP contribution in [-0.2, 0) is 24.4 Å². The van der Waals surface area contributed by atoms with Gasteiger partial charge >= 0.3 is 0 Å². The van der Waals surface area contributed by atoms with Gasteiger partial charge in [0.1, 0.15) is 6.54 Å². The van der Waals surface area contributed by atoms with Crippen molar-refractivity contribution >= 4 is 21.8 Å². The van der Waals surface area contributed by atoms with Crippen LogP contribution in [0.25, 0.3) is 0 Å². The van der Waals surface area contributed by atoms with Crippen LogP contribution in [0.2, 0.25) is 0 Å². The molecule has 1 amide bonds. The lowest BCUT2D eigenvalue weighted by atomic mass is 9.94. The topological polar surface area (TPSA) is 54.3 Å². The minimum absolute atomic E-state index is 0.0163. The van der Waals surface area contributed by atoms with Gasteiger partial charge in [-0.1, -0.05) is 43.5 Å². The number of nitrogens with zero attached hydrogens (tertiary/aromatic N) is 2. The highest BCUT2D eigenvalue weighted by atomic mass is 79.9. The molecule has 1 aromatic carbocycles. The molecule has 6 heteroatoms. The van der Waals surface area contributed by atoms with Gasteiger partial charge in [-0.15, -0.1) is 0 Å². The minimum Gasteiger partial charge on any atom is -0.350 e. The highest BCUT2D eigenvalue weighted by molar-refractivity contribution is 9.10. The van der Waals surface area contributed by atoms with Crippen molar-refractivity contribution in [3.8, 4) is 0 Å². The Bertz CT molecular complexity index is 859. The Morgan fingerprint density at radius 3 is 2.61 bits per heavy atom. The average molecular weight is 446 g/mol. The molecule has 0 unspecified atom stereocenters. The van der Waals surface area contributed by atoms with Crippen molar-refractivity contribution in [2.45, 2.75) is 57.8 Å². The van der Waals surface area contributed by atoms with Gasteiger partial charge in [0.2, 0.25) is 5.91 Å². The molecule has 0 bridgehead atoms. The number of nitrogens with one attached hydrogen (secondary N) is 1. The summed E-state index contributed by atoms with van der Waals surface area (Å²) in [5.41, 5.74) is 2.18. The van der Waals surface area contributed by atoms with Crippen molar-refractivity contribution in [1.82, 2.24) is 14.8 Å². The third kappa shape index (κ3) is 5.79. The second kappa shape index (κ2) is 10.0. The lowest BCUT2D eigenvalue weighted by molar-refractivity contribution is -0.121. The number of benzene rings is 1. The molecule has 0 saturated heterocycles. The summed E-state index contributed by atoms with van der Waals surface area (Å²) in [6, 6.07) is 12.0. The Kier molecular flexibility index (Phi) is 7.45. The quantitative estimate of drug-likeness (QED) is 0.706. The summed E-state index contributed by atoms with van der Waals surface area (Å²) >= 11 is 3.33. The Hall–Kier alpha value is -1.92. The molecule has 1 aliphatic carbocycles. The summed E-state index contributed by atoms with van der Waals surface area (Å²) in [5.74, 6) is -0.171. The van der Waals surface area contributed by atoms with Crippen LogP contribution in [0.5, 0.6) is 0 Å². The summed E-state index contributed by atoms with van der Waals surface area (Å²) in [7, 11) is 2.20. The zero-order chi connectivity index (χ0) is 19.9. The van der Waals surface area contributed by atoms with E-state index in [0.29, 0.717) is 12.6 Å². The maximum absolute atomic E-state index is 12.3. The number of hydrogen-bond acceptors (Lipinski definition) is 3. The molecule has 0 spiro atoms. The number of carbonyl (C=O) groups is 1. The van der Waals surface area contributed by atoms with E-state index in [1.54, 1.807) is 12.3 Å². The molecular formula is C22H28BrN3O2. The maximum atomic E-state index is 12.3. The molecule has 1 saturated carbocycles. The molecule has 1 aromatic heterocycles. The Balaban J connectivity index is 1.59. The van der Waals surface area contributed by atoms with Crippen molar-refractivity contribution < 1.29 is 4.79 Å². The summed E-state index contributed by atoms with van der Waals surface area (Å²) in [6.45, 7) is 1.38. The fourth-order valence-electron chi connectivity index (χ4n) is 3.83. The zero-order valence-corrected chi connectivity index (χ0v) is 18.0. The van der Waals surface area contributed by atoms with Crippen LogP contribution in [0.4, 0.5) is 0 Å². The molecule has 0 atom stereocenters. The molecule has 1 N–H and O–H groups in total. The van der Waals surface area contributed by atoms with Gasteiger partial charge in [-0.2, -0.15) is 0 Å². The lowest BCUT2D eigenvalue weighted by Gasteiger charge is -2.31. The van der Waals surface area contributed by atoms with E-state index in [4.69, 9.17) is 0 Å². The van der Waals surface area contributed by atoms with E-state index in [-0.39, 0.29) is 18.0 Å². The van der Waals surface area contributed by atoms with Crippen LogP contribution in [0.15, 0.2) is 51.9 Å². The van der Waals surface area contributed by atoms with Gasteiger partial charge in [0.15, 0.2) is 0 Å². The number of hydrogen-bond donors (Lipinski definition) is 1. The highest BCUT2D eigenvalue weighted by Gasteiger charge is 2.18. The number of amides is 1. The Morgan fingerprint density at radius 1 is 1.14 bits per heavy atom. The van der Waals surface area contributed by atoms with Crippen LogP contribution >= 0.6 is 15.9 Å². The van der Waals surface area contributed by atoms with Crippen molar-refractivity contribution in [1.29, 1.82) is 0 Å². The molecule has 1 aliphatic rings. The van der Waals surface area contributed by atoms with Gasteiger partial charge in [0.25, 0.3) is 5.56 Å². The Labute approximate surface area is 174 Å². The fourth-order valence-corrected chi connectivity index (χ4v) is 4.21. The third-order valence-electron chi connectivity index (χ3n) is 5.47. The summed E-state index contributed by atoms with van der Waals surface area (Å²) in [5, 5.41) is 2.95. The predicted octanol–water partition coefficient (Wildman–Crippen LogP) is 3.69. The number of aromatic nitrogens is 1. The van der Waals surface area contributed by atoms with Crippen molar-refractivity contribution in [2.75, 3.05) is 7.05 Å². The molecule has 3 rings (SSSR count). The van der Waals surface area contributed by atoms with Crippen LogP contribution in [0.1, 0.15) is 43.2 Å². The number of pyridine rings is 1. The van der Waals surface area contributed by atoms with Gasteiger partial charge in [-0.25, -0.2) is 0 Å². The van der Waals surface area contributed by atoms with Gasteiger partial charge in [0.05, 0.1) is 0 Å². The number of rotatable bonds is 7. The maximum Gasteiger partial charge on any atom is 0.251 e. The average Bonchev–Trinajstić information content (AvgIpc) is 2.71.